The van der Waals surface area contributed by atoms with Crippen LogP contribution in [-0.4, -0.2) is 30.6 Å². The minimum atomic E-state index is -0.507. The van der Waals surface area contributed by atoms with Crippen LogP contribution in [0.4, 0.5) is 0 Å². The van der Waals surface area contributed by atoms with Crippen LogP contribution in [0.25, 0.3) is 16.3 Å². The summed E-state index contributed by atoms with van der Waals surface area (Å²) >= 11 is 0. The van der Waals surface area contributed by atoms with Crippen LogP contribution in [0.1, 0.15) is 44.4 Å². The second-order valence-corrected chi connectivity index (χ2v) is 8.41. The van der Waals surface area contributed by atoms with Gasteiger partial charge in [0, 0.05) is 6.54 Å². The molecule has 0 radical (unpaired) electrons. The first-order valence-corrected chi connectivity index (χ1v) is 9.02. The summed E-state index contributed by atoms with van der Waals surface area (Å²) in [7, 11) is 4.19. The first kappa shape index (κ1) is 17.9. The number of rotatable bonds is 4. The Morgan fingerprint density at radius 2 is 1.80 bits per heavy atom. The van der Waals surface area contributed by atoms with Crippen molar-refractivity contribution in [3.8, 4) is 0 Å². The Labute approximate surface area is 151 Å². The quantitative estimate of drug-likeness (QED) is 0.830. The third-order valence-corrected chi connectivity index (χ3v) is 4.85. The Balaban J connectivity index is 2.13. The predicted molar refractivity (Wildman–Crippen MR) is 108 cm³/mol. The van der Waals surface area contributed by atoms with E-state index in [2.05, 4.69) is 88.3 Å². The molecule has 0 bridgehead atoms. The number of nitrogens with zero attached hydrogens (tertiary/aromatic N) is 1. The molecule has 0 amide bonds. The minimum absolute atomic E-state index is 0.210. The molecule has 2 aromatic rings. The van der Waals surface area contributed by atoms with Crippen LogP contribution >= 0.6 is 0 Å². The van der Waals surface area contributed by atoms with E-state index < -0.39 is 6.10 Å². The van der Waals surface area contributed by atoms with Gasteiger partial charge in [-0.15, -0.1) is 0 Å². The summed E-state index contributed by atoms with van der Waals surface area (Å²) < 4.78 is 0. The zero-order chi connectivity index (χ0) is 18.2. The highest BCUT2D eigenvalue weighted by Crippen LogP contribution is 2.42. The lowest BCUT2D eigenvalue weighted by Crippen LogP contribution is -2.19. The molecule has 1 aliphatic rings. The lowest BCUT2D eigenvalue weighted by molar-refractivity contribution is 0.0637. The fraction of sp³-hybridized carbons (Fsp3) is 0.391. The van der Waals surface area contributed by atoms with Crippen molar-refractivity contribution in [1.82, 2.24) is 4.90 Å². The monoisotopic (exact) mass is 335 g/mol. The number of allylic oxidation sites excluding steroid dienone is 2. The summed E-state index contributed by atoms with van der Waals surface area (Å²) in [4.78, 5) is 2.19. The number of aliphatic hydroxyl groups is 1. The molecule has 1 N–H and O–H groups in total. The lowest BCUT2D eigenvalue weighted by Gasteiger charge is -2.29. The first-order chi connectivity index (χ1) is 11.8. The van der Waals surface area contributed by atoms with Gasteiger partial charge in [0.2, 0.25) is 0 Å². The first-order valence-electron chi connectivity index (χ1n) is 9.02. The van der Waals surface area contributed by atoms with Crippen LogP contribution in [0.5, 0.6) is 0 Å². The van der Waals surface area contributed by atoms with Crippen molar-refractivity contribution in [3.63, 3.8) is 0 Å². The van der Waals surface area contributed by atoms with Crippen molar-refractivity contribution in [2.24, 2.45) is 5.41 Å². The Morgan fingerprint density at radius 1 is 1.08 bits per heavy atom. The second-order valence-electron chi connectivity index (χ2n) is 8.41. The van der Waals surface area contributed by atoms with Gasteiger partial charge in [-0.2, -0.15) is 0 Å². The summed E-state index contributed by atoms with van der Waals surface area (Å²) in [5, 5.41) is 13.5. The summed E-state index contributed by atoms with van der Waals surface area (Å²) in [6.45, 7) is 7.25. The molecule has 3 rings (SSSR count). The molecule has 25 heavy (non-hydrogen) atoms. The molecule has 2 heteroatoms. The summed E-state index contributed by atoms with van der Waals surface area (Å²) in [6.07, 6.45) is 5.03. The number of fused-ring (bicyclic) bond motifs is 1. The van der Waals surface area contributed by atoms with Gasteiger partial charge in [0.15, 0.2) is 0 Å². The molecular formula is C23H29NO. The average Bonchev–Trinajstić information content (AvgIpc) is 2.99. The average molecular weight is 335 g/mol. The molecule has 1 unspecified atom stereocenters. The molecular weight excluding hydrogens is 306 g/mol. The highest BCUT2D eigenvalue weighted by Gasteiger charge is 2.28. The third-order valence-electron chi connectivity index (χ3n) is 4.85. The van der Waals surface area contributed by atoms with Gasteiger partial charge in [0.1, 0.15) is 0 Å². The smallest absolute Gasteiger partial charge is 0.0850 e. The van der Waals surface area contributed by atoms with Crippen LogP contribution in [-0.2, 0) is 0 Å². The highest BCUT2D eigenvalue weighted by molar-refractivity contribution is 5.92. The van der Waals surface area contributed by atoms with Gasteiger partial charge in [-0.3, -0.25) is 0 Å². The second kappa shape index (κ2) is 6.78. The van der Waals surface area contributed by atoms with Gasteiger partial charge in [0.25, 0.3) is 0 Å². The largest absolute Gasteiger partial charge is 0.388 e. The van der Waals surface area contributed by atoms with E-state index in [1.165, 1.54) is 22.1 Å². The van der Waals surface area contributed by atoms with Crippen molar-refractivity contribution in [3.05, 3.63) is 65.3 Å². The molecule has 1 atom stereocenters. The number of hydrogen-bond donors (Lipinski definition) is 1. The van der Waals surface area contributed by atoms with Crippen LogP contribution in [0.15, 0.2) is 54.1 Å². The van der Waals surface area contributed by atoms with E-state index in [1.54, 1.807) is 0 Å². The molecule has 132 valence electrons. The molecule has 2 aromatic carbocycles. The topological polar surface area (TPSA) is 23.5 Å². The molecule has 0 fully saturated rings. The van der Waals surface area contributed by atoms with Crippen molar-refractivity contribution in [2.45, 2.75) is 33.3 Å². The zero-order valence-corrected chi connectivity index (χ0v) is 16.0. The maximum absolute atomic E-state index is 11.2. The number of benzene rings is 2. The van der Waals surface area contributed by atoms with Gasteiger partial charge in [-0.05, 0) is 59.0 Å². The zero-order valence-electron chi connectivity index (χ0n) is 16.0. The molecule has 1 aliphatic carbocycles. The number of likely N-dealkylation sites (N-methyl/N-ethyl adjacent to an activating group) is 1. The molecule has 0 aromatic heterocycles. The van der Waals surface area contributed by atoms with E-state index in [9.17, 15) is 5.11 Å². The van der Waals surface area contributed by atoms with Crippen molar-refractivity contribution in [2.75, 3.05) is 20.6 Å². The van der Waals surface area contributed by atoms with E-state index in [4.69, 9.17) is 0 Å². The van der Waals surface area contributed by atoms with Gasteiger partial charge in [-0.25, -0.2) is 0 Å². The Hall–Kier alpha value is -1.90. The maximum atomic E-state index is 11.2. The fourth-order valence-corrected chi connectivity index (χ4v) is 3.55. The highest BCUT2D eigenvalue weighted by atomic mass is 16.3. The van der Waals surface area contributed by atoms with Crippen LogP contribution in [0, 0.1) is 5.41 Å². The molecule has 0 heterocycles. The SMILES string of the molecule is CN(C)CC1=CCC(c2ccc3ccccc3c2C(O)C(C)(C)C)=C1. The summed E-state index contributed by atoms with van der Waals surface area (Å²) in [5.74, 6) is 0. The molecule has 0 aliphatic heterocycles. The van der Waals surface area contributed by atoms with Crippen LogP contribution in [0.2, 0.25) is 0 Å². The van der Waals surface area contributed by atoms with Crippen molar-refractivity contribution in [1.29, 1.82) is 0 Å². The van der Waals surface area contributed by atoms with E-state index >= 15 is 0 Å². The van der Waals surface area contributed by atoms with E-state index in [0.29, 0.717) is 0 Å². The minimum Gasteiger partial charge on any atom is -0.388 e. The van der Waals surface area contributed by atoms with E-state index in [-0.39, 0.29) is 5.41 Å². The maximum Gasteiger partial charge on any atom is 0.0850 e. The van der Waals surface area contributed by atoms with Gasteiger partial charge in [0.05, 0.1) is 6.10 Å². The molecule has 2 nitrogen and oxygen atoms in total. The van der Waals surface area contributed by atoms with Gasteiger partial charge >= 0.3 is 0 Å². The lowest BCUT2D eigenvalue weighted by atomic mass is 9.79. The van der Waals surface area contributed by atoms with E-state index in [1.807, 2.05) is 0 Å². The number of hydrogen-bond acceptors (Lipinski definition) is 2. The van der Waals surface area contributed by atoms with Crippen molar-refractivity contribution >= 4 is 16.3 Å². The predicted octanol–water partition coefficient (Wildman–Crippen LogP) is 5.19. The van der Waals surface area contributed by atoms with Crippen molar-refractivity contribution < 1.29 is 5.11 Å². The number of aliphatic hydroxyl groups excluding tert-OH is 1. The van der Waals surface area contributed by atoms with Gasteiger partial charge in [-0.1, -0.05) is 69.3 Å². The standard InChI is InChI=1S/C23H29NO/c1-23(2,3)22(25)21-19-9-7-6-8-17(19)12-13-20(21)18-11-10-16(14-18)15-24(4)5/h6-10,12-14,22,25H,11,15H2,1-5H3. The summed E-state index contributed by atoms with van der Waals surface area (Å²) in [5.41, 5.74) is 4.70. The molecule has 0 saturated heterocycles. The molecule has 0 saturated carbocycles. The Kier molecular flexibility index (Phi) is 4.86. The van der Waals surface area contributed by atoms with E-state index in [0.717, 1.165) is 23.9 Å². The fourth-order valence-electron chi connectivity index (χ4n) is 3.55. The Bertz CT molecular complexity index is 837. The van der Waals surface area contributed by atoms with Crippen LogP contribution < -0.4 is 0 Å². The third kappa shape index (κ3) is 3.70. The molecule has 0 spiro atoms. The van der Waals surface area contributed by atoms with Gasteiger partial charge < -0.3 is 10.0 Å². The normalized spacial score (nSPS) is 16.3. The van der Waals surface area contributed by atoms with Crippen LogP contribution in [0.3, 0.4) is 0 Å². The summed E-state index contributed by atoms with van der Waals surface area (Å²) in [6, 6.07) is 12.7. The Morgan fingerprint density at radius 3 is 2.48 bits per heavy atom.